The van der Waals surface area contributed by atoms with Gasteiger partial charge < -0.3 is 15.2 Å². The molecule has 0 unspecified atom stereocenters. The third-order valence-corrected chi connectivity index (χ3v) is 6.72. The first-order valence-electron chi connectivity index (χ1n) is 12.2. The van der Waals surface area contributed by atoms with Crippen LogP contribution in [0.25, 0.3) is 21.2 Å². The zero-order chi connectivity index (χ0) is 29.9. The molecule has 0 aliphatic rings. The summed E-state index contributed by atoms with van der Waals surface area (Å²) < 4.78 is 57.8. The lowest BCUT2D eigenvalue weighted by Crippen LogP contribution is -2.48. The molecule has 0 radical (unpaired) electrons. The second-order valence-electron chi connectivity index (χ2n) is 10.1. The lowest BCUT2D eigenvalue weighted by Gasteiger charge is -2.26. The topological polar surface area (TPSA) is 118 Å². The summed E-state index contributed by atoms with van der Waals surface area (Å²) in [6.45, 7) is 4.66. The number of nitrogens with zero attached hydrogens (tertiary/aromatic N) is 4. The molecule has 2 amide bonds. The number of carboxylic acid groups (broad SMARTS) is 1. The summed E-state index contributed by atoms with van der Waals surface area (Å²) in [5.41, 5.74) is -0.910. The fourth-order valence-corrected chi connectivity index (χ4v) is 4.80. The molecular weight excluding hydrogens is 566 g/mol. The SMILES string of the molecule is CC(C)(C)OC(=O)N[C@H](Cc1ccc(C(F)(F)F)nc1)CN(C(=O)O)c1ncc(-c2ccc3cnc(F)cc3c2)s1. The molecule has 9 nitrogen and oxygen atoms in total. The molecule has 0 aliphatic heterocycles. The van der Waals surface area contributed by atoms with Crippen molar-refractivity contribution in [3.63, 3.8) is 0 Å². The Hall–Kier alpha value is -4.33. The first-order chi connectivity index (χ1) is 19.2. The molecule has 0 saturated carbocycles. The number of nitrogens with one attached hydrogen (secondary N) is 1. The molecule has 0 aliphatic carbocycles. The van der Waals surface area contributed by atoms with Crippen molar-refractivity contribution < 1.29 is 37.0 Å². The first kappa shape index (κ1) is 29.6. The van der Waals surface area contributed by atoms with Gasteiger partial charge in [-0.05, 0) is 55.8 Å². The molecule has 0 fully saturated rings. The molecule has 4 rings (SSSR count). The van der Waals surface area contributed by atoms with Crippen LogP contribution in [0.2, 0.25) is 0 Å². The zero-order valence-electron chi connectivity index (χ0n) is 22.1. The third-order valence-electron chi connectivity index (χ3n) is 5.65. The maximum Gasteiger partial charge on any atom is 0.433 e. The van der Waals surface area contributed by atoms with Crippen LogP contribution in [0.5, 0.6) is 0 Å². The number of alkyl halides is 3. The van der Waals surface area contributed by atoms with Gasteiger partial charge in [-0.3, -0.25) is 9.88 Å². The highest BCUT2D eigenvalue weighted by Crippen LogP contribution is 2.33. The minimum absolute atomic E-state index is 0.0450. The molecule has 2 N–H and O–H groups in total. The number of amides is 2. The number of anilines is 1. The van der Waals surface area contributed by atoms with Crippen LogP contribution in [0.1, 0.15) is 32.0 Å². The fraction of sp³-hybridized carbons (Fsp3) is 0.296. The van der Waals surface area contributed by atoms with E-state index in [0.717, 1.165) is 33.9 Å². The molecule has 1 atom stereocenters. The van der Waals surface area contributed by atoms with E-state index in [1.54, 1.807) is 39.0 Å². The van der Waals surface area contributed by atoms with Gasteiger partial charge in [0.2, 0.25) is 5.95 Å². The molecule has 3 heterocycles. The Kier molecular flexibility index (Phi) is 8.42. The number of carbonyl (C=O) groups excluding carboxylic acids is 1. The Morgan fingerprint density at radius 3 is 2.41 bits per heavy atom. The van der Waals surface area contributed by atoms with Crippen molar-refractivity contribution in [2.45, 2.75) is 45.0 Å². The van der Waals surface area contributed by atoms with E-state index in [9.17, 15) is 32.3 Å². The molecule has 0 bridgehead atoms. The molecule has 4 aromatic rings. The van der Waals surface area contributed by atoms with Crippen LogP contribution in [0.4, 0.5) is 32.3 Å². The highest BCUT2D eigenvalue weighted by atomic mass is 32.1. The van der Waals surface area contributed by atoms with E-state index in [1.807, 2.05) is 0 Å². The van der Waals surface area contributed by atoms with Gasteiger partial charge in [-0.2, -0.15) is 17.6 Å². The summed E-state index contributed by atoms with van der Waals surface area (Å²) in [5, 5.41) is 14.0. The summed E-state index contributed by atoms with van der Waals surface area (Å²) in [6, 6.07) is 7.65. The van der Waals surface area contributed by atoms with Crippen molar-refractivity contribution in [2.24, 2.45) is 0 Å². The highest BCUT2D eigenvalue weighted by molar-refractivity contribution is 7.19. The quantitative estimate of drug-likeness (QED) is 0.185. The number of alkyl carbamates (subject to hydrolysis) is 1. The van der Waals surface area contributed by atoms with Crippen LogP contribution in [0.15, 0.2) is 55.0 Å². The van der Waals surface area contributed by atoms with Crippen molar-refractivity contribution in [3.05, 3.63) is 72.2 Å². The van der Waals surface area contributed by atoms with Gasteiger partial charge in [-0.25, -0.2) is 19.6 Å². The Balaban J connectivity index is 1.59. The number of benzene rings is 1. The van der Waals surface area contributed by atoms with Crippen molar-refractivity contribution in [3.8, 4) is 10.4 Å². The summed E-state index contributed by atoms with van der Waals surface area (Å²) >= 11 is 1.06. The van der Waals surface area contributed by atoms with Gasteiger partial charge >= 0.3 is 18.4 Å². The van der Waals surface area contributed by atoms with Crippen LogP contribution < -0.4 is 10.2 Å². The normalized spacial score (nSPS) is 12.7. The van der Waals surface area contributed by atoms with E-state index in [2.05, 4.69) is 20.3 Å². The van der Waals surface area contributed by atoms with Crippen LogP contribution in [-0.2, 0) is 17.3 Å². The summed E-state index contributed by atoms with van der Waals surface area (Å²) in [4.78, 5) is 37.7. The van der Waals surface area contributed by atoms with Gasteiger partial charge in [0.25, 0.3) is 0 Å². The van der Waals surface area contributed by atoms with E-state index in [4.69, 9.17) is 4.74 Å². The number of thiazole rings is 1. The highest BCUT2D eigenvalue weighted by Gasteiger charge is 2.32. The average Bonchev–Trinajstić information content (AvgIpc) is 3.35. The number of rotatable bonds is 7. The van der Waals surface area contributed by atoms with E-state index in [1.165, 1.54) is 24.5 Å². The van der Waals surface area contributed by atoms with Crippen molar-refractivity contribution >= 4 is 39.4 Å². The number of aromatic nitrogens is 3. The molecule has 216 valence electrons. The Labute approximate surface area is 235 Å². The summed E-state index contributed by atoms with van der Waals surface area (Å²) in [5.74, 6) is -0.636. The van der Waals surface area contributed by atoms with Crippen LogP contribution in [0.3, 0.4) is 0 Å². The number of pyridine rings is 2. The second-order valence-corrected chi connectivity index (χ2v) is 11.1. The van der Waals surface area contributed by atoms with E-state index in [0.29, 0.717) is 21.4 Å². The van der Waals surface area contributed by atoms with Crippen LogP contribution in [0, 0.1) is 5.95 Å². The Bertz CT molecular complexity index is 1550. The van der Waals surface area contributed by atoms with Gasteiger partial charge in [0.15, 0.2) is 5.13 Å². The lowest BCUT2D eigenvalue weighted by molar-refractivity contribution is -0.141. The van der Waals surface area contributed by atoms with Gasteiger partial charge in [0.1, 0.15) is 11.3 Å². The molecule has 0 saturated heterocycles. The monoisotopic (exact) mass is 591 g/mol. The van der Waals surface area contributed by atoms with Crippen molar-refractivity contribution in [1.29, 1.82) is 0 Å². The molecule has 3 aromatic heterocycles. The number of fused-ring (bicyclic) bond motifs is 1. The maximum absolute atomic E-state index is 13.6. The third kappa shape index (κ3) is 7.87. The molecule has 14 heteroatoms. The van der Waals surface area contributed by atoms with Gasteiger partial charge in [0, 0.05) is 30.0 Å². The smallest absolute Gasteiger partial charge is 0.433 e. The molecule has 0 spiro atoms. The summed E-state index contributed by atoms with van der Waals surface area (Å²) in [7, 11) is 0. The van der Waals surface area contributed by atoms with Gasteiger partial charge in [0.05, 0.1) is 17.5 Å². The largest absolute Gasteiger partial charge is 0.465 e. The van der Waals surface area contributed by atoms with Gasteiger partial charge in [-0.15, -0.1) is 0 Å². The van der Waals surface area contributed by atoms with E-state index >= 15 is 0 Å². The predicted molar refractivity (Wildman–Crippen MR) is 144 cm³/mol. The fourth-order valence-electron chi connectivity index (χ4n) is 3.88. The number of halogens is 4. The number of hydrogen-bond donors (Lipinski definition) is 2. The van der Waals surface area contributed by atoms with E-state index in [-0.39, 0.29) is 18.1 Å². The zero-order valence-corrected chi connectivity index (χ0v) is 22.9. The Morgan fingerprint density at radius 1 is 1.02 bits per heavy atom. The van der Waals surface area contributed by atoms with Gasteiger partial charge in [-0.1, -0.05) is 29.5 Å². The van der Waals surface area contributed by atoms with Crippen LogP contribution >= 0.6 is 11.3 Å². The molecular formula is C27H25F4N5O4S. The minimum Gasteiger partial charge on any atom is -0.465 e. The average molecular weight is 592 g/mol. The van der Waals surface area contributed by atoms with Crippen molar-refractivity contribution in [2.75, 3.05) is 11.4 Å². The van der Waals surface area contributed by atoms with E-state index < -0.39 is 41.6 Å². The summed E-state index contributed by atoms with van der Waals surface area (Å²) in [6.07, 6.45) is -2.95. The van der Waals surface area contributed by atoms with Crippen LogP contribution in [-0.4, -0.2) is 50.4 Å². The Morgan fingerprint density at radius 2 is 1.78 bits per heavy atom. The molecule has 1 aromatic carbocycles. The number of carbonyl (C=O) groups is 2. The number of hydrogen-bond acceptors (Lipinski definition) is 7. The number of ether oxygens (including phenoxy) is 1. The lowest BCUT2D eigenvalue weighted by atomic mass is 10.1. The molecule has 41 heavy (non-hydrogen) atoms. The standard InChI is InChI=1S/C27H25F4N5O4S/c1-26(2,3)40-24(37)35-19(8-15-4-7-21(32-11-15)27(29,30)31)14-36(25(38)39)23-34-13-20(41-23)16-5-6-17-12-33-22(28)10-18(17)9-16/h4-7,9-13,19H,8,14H2,1-3H3,(H,35,37)(H,38,39)/t19-/m1/s1. The maximum atomic E-state index is 13.6. The second kappa shape index (κ2) is 11.6. The van der Waals surface area contributed by atoms with Crippen molar-refractivity contribution in [1.82, 2.24) is 20.3 Å². The predicted octanol–water partition coefficient (Wildman–Crippen LogP) is 6.53. The first-order valence-corrected chi connectivity index (χ1v) is 13.0. The minimum atomic E-state index is -4.62.